The fourth-order valence-electron chi connectivity index (χ4n) is 8.57. The molecule has 2 aliphatic carbocycles. The van der Waals surface area contributed by atoms with Crippen LogP contribution in [0.4, 0.5) is 0 Å². The van der Waals surface area contributed by atoms with Crippen molar-refractivity contribution in [1.82, 2.24) is 0 Å². The minimum Gasteiger partial charge on any atom is -0.494 e. The molecule has 0 N–H and O–H groups in total. The summed E-state index contributed by atoms with van der Waals surface area (Å²) in [4.78, 5) is 51.9. The van der Waals surface area contributed by atoms with Gasteiger partial charge in [0.2, 0.25) is 0 Å². The molecule has 0 aromatic heterocycles. The van der Waals surface area contributed by atoms with E-state index in [0.29, 0.717) is 47.7 Å². The average Bonchev–Trinajstić information content (AvgIpc) is 3.99. The first kappa shape index (κ1) is 50.1. The topological polar surface area (TPSA) is 161 Å². The summed E-state index contributed by atoms with van der Waals surface area (Å²) in [5.41, 5.74) is 1.18. The van der Waals surface area contributed by atoms with E-state index in [1.807, 2.05) is 0 Å². The van der Waals surface area contributed by atoms with E-state index in [2.05, 4.69) is 24.3 Å². The quantitative estimate of drug-likeness (QED) is 0.0283. The summed E-state index contributed by atoms with van der Waals surface area (Å²) in [6.45, 7) is 4.27. The third-order valence-corrected chi connectivity index (χ3v) is 12.6. The Balaban J connectivity index is 0.697. The molecule has 14 heteroatoms. The normalized spacial score (nSPS) is 21.4. The second-order valence-corrected chi connectivity index (χ2v) is 17.9. The molecule has 4 aromatic rings. The molecule has 70 heavy (non-hydrogen) atoms. The molecule has 2 saturated heterocycles. The Bertz CT molecular complexity index is 2190. The lowest BCUT2D eigenvalue weighted by Crippen LogP contribution is -2.36. The Labute approximate surface area is 409 Å². The van der Waals surface area contributed by atoms with Gasteiger partial charge in [-0.2, -0.15) is 0 Å². The highest BCUT2D eigenvalue weighted by molar-refractivity contribution is 5.93. The van der Waals surface area contributed by atoms with E-state index in [-0.39, 0.29) is 35.8 Å². The Kier molecular flexibility index (Phi) is 18.6. The van der Waals surface area contributed by atoms with Crippen molar-refractivity contribution in [1.29, 1.82) is 0 Å². The van der Waals surface area contributed by atoms with Gasteiger partial charge in [-0.25, -0.2) is 19.2 Å². The third kappa shape index (κ3) is 14.8. The van der Waals surface area contributed by atoms with Gasteiger partial charge < -0.3 is 47.4 Å². The minimum atomic E-state index is -0.740. The van der Waals surface area contributed by atoms with Crippen LogP contribution >= 0.6 is 0 Å². The van der Waals surface area contributed by atoms with E-state index in [1.54, 1.807) is 48.5 Å². The van der Waals surface area contributed by atoms with Crippen molar-refractivity contribution in [2.75, 3.05) is 52.9 Å². The van der Waals surface area contributed by atoms with Crippen LogP contribution in [0.3, 0.4) is 0 Å². The highest BCUT2D eigenvalue weighted by Gasteiger charge is 2.51. The first-order valence-corrected chi connectivity index (χ1v) is 24.6. The predicted molar refractivity (Wildman–Crippen MR) is 258 cm³/mol. The van der Waals surface area contributed by atoms with E-state index in [9.17, 15) is 19.2 Å². The fourth-order valence-corrected chi connectivity index (χ4v) is 8.57. The molecule has 0 radical (unpaired) electrons. The maximum atomic E-state index is 13.1. The number of benzene rings is 4. The first-order chi connectivity index (χ1) is 34.3. The van der Waals surface area contributed by atoms with Crippen LogP contribution in [0.5, 0.6) is 23.0 Å². The lowest BCUT2D eigenvalue weighted by Gasteiger charge is -2.17. The number of carbonyl (C=O) groups excluding carboxylic acids is 4. The van der Waals surface area contributed by atoms with Gasteiger partial charge in [0.1, 0.15) is 35.2 Å². The number of hydrogen-bond acceptors (Lipinski definition) is 14. The van der Waals surface area contributed by atoms with Gasteiger partial charge in [-0.15, -0.1) is 0 Å². The molecule has 2 fully saturated rings. The zero-order chi connectivity index (χ0) is 48.3. The molecule has 370 valence electrons. The van der Waals surface area contributed by atoms with Crippen molar-refractivity contribution in [3.05, 3.63) is 144 Å². The zero-order valence-corrected chi connectivity index (χ0v) is 39.5. The molecule has 6 atom stereocenters. The van der Waals surface area contributed by atoms with Gasteiger partial charge in [0.25, 0.3) is 0 Å². The Hall–Kier alpha value is -6.32. The van der Waals surface area contributed by atoms with Crippen molar-refractivity contribution < 1.29 is 66.5 Å². The summed E-state index contributed by atoms with van der Waals surface area (Å²) in [6.07, 6.45) is 16.6. The zero-order valence-electron chi connectivity index (χ0n) is 39.5. The van der Waals surface area contributed by atoms with Crippen LogP contribution in [0.1, 0.15) is 106 Å². The van der Waals surface area contributed by atoms with Crippen LogP contribution in [0, 0.1) is 11.8 Å². The number of carbonyl (C=O) groups is 4. The van der Waals surface area contributed by atoms with E-state index >= 15 is 0 Å². The maximum Gasteiger partial charge on any atom is 0.343 e. The van der Waals surface area contributed by atoms with Gasteiger partial charge in [0, 0.05) is 26.4 Å². The molecule has 6 unspecified atom stereocenters. The van der Waals surface area contributed by atoms with Crippen LogP contribution in [-0.4, -0.2) is 101 Å². The SMILES string of the molecule is O=C(Oc1ccc(C(=O)OC2COC3C(OC(=O)c4ccc(OC(=O)c5ccc(OCCCCOCC6CC=CCC6)cc5)cc4)COC23)cc1)c1ccc(OCCCCOCC2CC=CCC2)cc1. The van der Waals surface area contributed by atoms with Crippen LogP contribution in [0.25, 0.3) is 0 Å². The fraction of sp³-hybridized carbons (Fsp3) is 0.429. The minimum absolute atomic E-state index is 0.0484. The number of hydrogen-bond donors (Lipinski definition) is 0. The molecule has 2 heterocycles. The molecular weight excluding hydrogens is 897 g/mol. The van der Waals surface area contributed by atoms with Crippen molar-refractivity contribution in [3.8, 4) is 23.0 Å². The molecule has 0 bridgehead atoms. The summed E-state index contributed by atoms with van der Waals surface area (Å²) in [5, 5.41) is 0. The van der Waals surface area contributed by atoms with Crippen LogP contribution < -0.4 is 18.9 Å². The molecule has 4 aromatic carbocycles. The Morgan fingerprint density at radius 1 is 0.429 bits per heavy atom. The number of esters is 4. The number of ether oxygens (including phenoxy) is 10. The van der Waals surface area contributed by atoms with Crippen molar-refractivity contribution in [2.45, 2.75) is 88.6 Å². The molecule has 8 rings (SSSR count). The van der Waals surface area contributed by atoms with E-state index in [0.717, 1.165) is 77.8 Å². The van der Waals surface area contributed by atoms with Crippen molar-refractivity contribution in [3.63, 3.8) is 0 Å². The van der Waals surface area contributed by atoms with Gasteiger partial charge in [0.15, 0.2) is 12.2 Å². The van der Waals surface area contributed by atoms with E-state index in [4.69, 9.17) is 47.4 Å². The van der Waals surface area contributed by atoms with Crippen molar-refractivity contribution >= 4 is 23.9 Å². The van der Waals surface area contributed by atoms with E-state index in [1.165, 1.54) is 61.4 Å². The molecule has 0 saturated carbocycles. The second-order valence-electron chi connectivity index (χ2n) is 17.9. The average molecular weight is 959 g/mol. The number of allylic oxidation sites excluding steroid dienone is 4. The molecule has 0 amide bonds. The highest BCUT2D eigenvalue weighted by Crippen LogP contribution is 2.32. The lowest BCUT2D eigenvalue weighted by molar-refractivity contribution is -0.0287. The molecule has 14 nitrogen and oxygen atoms in total. The summed E-state index contributed by atoms with van der Waals surface area (Å²) in [7, 11) is 0. The van der Waals surface area contributed by atoms with Gasteiger partial charge in [-0.05, 0) is 173 Å². The van der Waals surface area contributed by atoms with Crippen LogP contribution in [-0.2, 0) is 28.4 Å². The first-order valence-electron chi connectivity index (χ1n) is 24.6. The van der Waals surface area contributed by atoms with Crippen molar-refractivity contribution in [2.24, 2.45) is 11.8 Å². The van der Waals surface area contributed by atoms with Gasteiger partial charge in [-0.3, -0.25) is 0 Å². The molecule has 2 aliphatic heterocycles. The number of rotatable bonds is 24. The van der Waals surface area contributed by atoms with Crippen LogP contribution in [0.2, 0.25) is 0 Å². The standard InChI is InChI=1S/C56H62O14/c57-53(41-15-23-45(24-16-41)63-33-9-7-31-61-35-39-11-3-1-4-12-39)67-47-27-19-43(20-28-47)55(59)69-49-37-65-52-50(38-66-51(49)52)70-56(60)44-21-29-48(30-22-44)68-54(58)42-17-25-46(26-18-42)64-34-10-8-32-62-36-40-13-5-2-6-14-40/h1-3,5,15-30,39-40,49-52H,4,6-14,31-38H2. The third-order valence-electron chi connectivity index (χ3n) is 12.6. The summed E-state index contributed by atoms with van der Waals surface area (Å²) in [6, 6.07) is 25.6. The Morgan fingerprint density at radius 2 is 0.786 bits per heavy atom. The lowest BCUT2D eigenvalue weighted by atomic mass is 9.95. The van der Waals surface area contributed by atoms with E-state index < -0.39 is 48.3 Å². The Morgan fingerprint density at radius 3 is 1.16 bits per heavy atom. The number of fused-ring (bicyclic) bond motifs is 1. The number of unbranched alkanes of at least 4 members (excludes halogenated alkanes) is 2. The molecule has 4 aliphatic rings. The van der Waals surface area contributed by atoms with Crippen LogP contribution in [0.15, 0.2) is 121 Å². The monoisotopic (exact) mass is 958 g/mol. The summed E-state index contributed by atoms with van der Waals surface area (Å²) in [5.74, 6) is 0.751. The van der Waals surface area contributed by atoms with Gasteiger partial charge >= 0.3 is 23.9 Å². The largest absolute Gasteiger partial charge is 0.494 e. The highest BCUT2D eigenvalue weighted by atomic mass is 16.7. The molecule has 0 spiro atoms. The smallest absolute Gasteiger partial charge is 0.343 e. The van der Waals surface area contributed by atoms with Gasteiger partial charge in [0.05, 0.1) is 48.7 Å². The van der Waals surface area contributed by atoms with Gasteiger partial charge in [-0.1, -0.05) is 24.3 Å². The summed E-state index contributed by atoms with van der Waals surface area (Å²) >= 11 is 0. The predicted octanol–water partition coefficient (Wildman–Crippen LogP) is 9.74. The maximum absolute atomic E-state index is 13.1. The molecular formula is C56H62O14. The second kappa shape index (κ2) is 26.0. The summed E-state index contributed by atoms with van der Waals surface area (Å²) < 4.78 is 57.7.